The van der Waals surface area contributed by atoms with Gasteiger partial charge in [0.15, 0.2) is 0 Å². The van der Waals surface area contributed by atoms with Gasteiger partial charge in [-0.2, -0.15) is 0 Å². The molecule has 7 heteroatoms. The van der Waals surface area contributed by atoms with Crippen LogP contribution >= 0.6 is 15.9 Å². The predicted octanol–water partition coefficient (Wildman–Crippen LogP) is 2.91. The minimum atomic E-state index is -0.477. The highest BCUT2D eigenvalue weighted by Gasteiger charge is 2.19. The van der Waals surface area contributed by atoms with Crippen molar-refractivity contribution in [3.8, 4) is 0 Å². The molecule has 0 aromatic carbocycles. The van der Waals surface area contributed by atoms with E-state index in [9.17, 15) is 9.59 Å². The lowest BCUT2D eigenvalue weighted by Crippen LogP contribution is -2.16. The van der Waals surface area contributed by atoms with Crippen molar-refractivity contribution in [1.82, 2.24) is 9.97 Å². The van der Waals surface area contributed by atoms with Crippen molar-refractivity contribution in [3.05, 3.63) is 46.0 Å². The Hall–Kier alpha value is -2.15. The average molecular weight is 352 g/mol. The van der Waals surface area contributed by atoms with Crippen LogP contribution < -0.4 is 5.32 Å². The van der Waals surface area contributed by atoms with Gasteiger partial charge in [-0.3, -0.25) is 4.79 Å². The zero-order valence-electron chi connectivity index (χ0n) is 11.6. The summed E-state index contributed by atoms with van der Waals surface area (Å²) < 4.78 is 5.76. The number of pyridine rings is 1. The third-order valence-electron chi connectivity index (χ3n) is 2.77. The van der Waals surface area contributed by atoms with Gasteiger partial charge in [0.2, 0.25) is 0 Å². The number of esters is 1. The van der Waals surface area contributed by atoms with E-state index < -0.39 is 11.9 Å². The highest BCUT2D eigenvalue weighted by atomic mass is 79.9. The fourth-order valence-electron chi connectivity index (χ4n) is 1.79. The maximum atomic E-state index is 12.1. The van der Waals surface area contributed by atoms with Gasteiger partial charge in [0.25, 0.3) is 5.91 Å². The van der Waals surface area contributed by atoms with Crippen LogP contribution in [0.4, 0.5) is 5.69 Å². The summed E-state index contributed by atoms with van der Waals surface area (Å²) in [4.78, 5) is 30.9. The normalized spacial score (nSPS) is 10.2. The van der Waals surface area contributed by atoms with Crippen LogP contribution in [0.3, 0.4) is 0 Å². The third-order valence-corrected chi connectivity index (χ3v) is 3.23. The number of aromatic nitrogens is 2. The number of nitrogens with zero attached hydrogens (tertiary/aromatic N) is 1. The van der Waals surface area contributed by atoms with Crippen molar-refractivity contribution in [2.24, 2.45) is 0 Å². The first-order chi connectivity index (χ1) is 10.0. The summed E-state index contributed by atoms with van der Waals surface area (Å²) in [5, 5.41) is 2.66. The zero-order valence-corrected chi connectivity index (χ0v) is 13.2. The quantitative estimate of drug-likeness (QED) is 0.829. The molecule has 0 aliphatic carbocycles. The van der Waals surface area contributed by atoms with Crippen LogP contribution in [0.25, 0.3) is 0 Å². The van der Waals surface area contributed by atoms with E-state index in [-0.39, 0.29) is 12.3 Å². The number of hydrogen-bond donors (Lipinski definition) is 2. The molecule has 0 radical (unpaired) electrons. The lowest BCUT2D eigenvalue weighted by Gasteiger charge is -2.07. The summed E-state index contributed by atoms with van der Waals surface area (Å²) in [5.74, 6) is -0.873. The van der Waals surface area contributed by atoms with Crippen molar-refractivity contribution in [2.45, 2.75) is 13.8 Å². The number of aryl methyl sites for hydroxylation is 1. The molecule has 2 aromatic heterocycles. The minimum Gasteiger partial charge on any atom is -0.462 e. The first kappa shape index (κ1) is 15.2. The molecular weight excluding hydrogens is 338 g/mol. The summed E-state index contributed by atoms with van der Waals surface area (Å²) in [5.41, 5.74) is 1.59. The van der Waals surface area contributed by atoms with E-state index >= 15 is 0 Å². The largest absolute Gasteiger partial charge is 0.462 e. The van der Waals surface area contributed by atoms with Crippen LogP contribution in [0.15, 0.2) is 29.0 Å². The summed E-state index contributed by atoms with van der Waals surface area (Å²) in [7, 11) is 0. The fourth-order valence-corrected chi connectivity index (χ4v) is 2.02. The molecule has 0 atom stereocenters. The summed E-state index contributed by atoms with van der Waals surface area (Å²) in [6.07, 6.45) is 3.09. The van der Waals surface area contributed by atoms with Gasteiger partial charge in [-0.1, -0.05) is 0 Å². The summed E-state index contributed by atoms with van der Waals surface area (Å²) >= 11 is 3.25. The van der Waals surface area contributed by atoms with E-state index in [2.05, 4.69) is 31.2 Å². The Kier molecular flexibility index (Phi) is 4.74. The van der Waals surface area contributed by atoms with Crippen molar-refractivity contribution in [3.63, 3.8) is 0 Å². The van der Waals surface area contributed by atoms with Crippen LogP contribution in [-0.4, -0.2) is 28.5 Å². The predicted molar refractivity (Wildman–Crippen MR) is 81.4 cm³/mol. The number of carbonyl (C=O) groups is 2. The van der Waals surface area contributed by atoms with Gasteiger partial charge in [0.1, 0.15) is 11.3 Å². The van der Waals surface area contributed by atoms with Gasteiger partial charge in [-0.25, -0.2) is 9.78 Å². The van der Waals surface area contributed by atoms with E-state index in [0.717, 1.165) is 4.47 Å². The van der Waals surface area contributed by atoms with Gasteiger partial charge in [0.05, 0.1) is 12.3 Å². The van der Waals surface area contributed by atoms with Crippen molar-refractivity contribution >= 4 is 33.5 Å². The second-order valence-corrected chi connectivity index (χ2v) is 5.15. The topological polar surface area (TPSA) is 84.1 Å². The monoisotopic (exact) mass is 351 g/mol. The van der Waals surface area contributed by atoms with E-state index in [1.807, 2.05) is 0 Å². The van der Waals surface area contributed by atoms with Crippen LogP contribution in [0.2, 0.25) is 0 Å². The molecular formula is C14H14BrN3O3. The average Bonchev–Trinajstić information content (AvgIpc) is 2.80. The molecule has 0 spiro atoms. The maximum absolute atomic E-state index is 12.1. The summed E-state index contributed by atoms with van der Waals surface area (Å²) in [6.45, 7) is 3.73. The Labute approximate surface area is 130 Å². The number of hydrogen-bond acceptors (Lipinski definition) is 4. The standard InChI is InChI=1S/C14H14BrN3O3/c1-3-21-14(20)12-8(2)16-7-11(12)18-13(19)10-5-4-9(15)6-17-10/h4-7,16H,3H2,1-2H3,(H,18,19). The van der Waals surface area contributed by atoms with E-state index in [1.54, 1.807) is 32.2 Å². The first-order valence-electron chi connectivity index (χ1n) is 6.31. The van der Waals surface area contributed by atoms with E-state index in [4.69, 9.17) is 4.74 Å². The molecule has 0 fully saturated rings. The second-order valence-electron chi connectivity index (χ2n) is 4.24. The number of anilines is 1. The Morgan fingerprint density at radius 1 is 1.43 bits per heavy atom. The van der Waals surface area contributed by atoms with Crippen LogP contribution in [0.1, 0.15) is 33.5 Å². The zero-order chi connectivity index (χ0) is 15.4. The van der Waals surface area contributed by atoms with Gasteiger partial charge in [0, 0.05) is 22.6 Å². The van der Waals surface area contributed by atoms with Crippen molar-refractivity contribution < 1.29 is 14.3 Å². The van der Waals surface area contributed by atoms with Gasteiger partial charge in [-0.15, -0.1) is 0 Å². The lowest BCUT2D eigenvalue weighted by atomic mass is 10.2. The maximum Gasteiger partial charge on any atom is 0.342 e. The molecule has 0 bridgehead atoms. The Bertz CT molecular complexity index is 665. The number of halogens is 1. The molecule has 0 aliphatic rings. The molecule has 6 nitrogen and oxygen atoms in total. The Balaban J connectivity index is 2.22. The molecule has 1 amide bonds. The number of nitrogens with one attached hydrogen (secondary N) is 2. The number of amides is 1. The molecule has 0 unspecified atom stereocenters. The van der Waals surface area contributed by atoms with Crippen LogP contribution in [0, 0.1) is 6.92 Å². The molecule has 2 aromatic rings. The van der Waals surface area contributed by atoms with Crippen molar-refractivity contribution in [1.29, 1.82) is 0 Å². The smallest absolute Gasteiger partial charge is 0.342 e. The van der Waals surface area contributed by atoms with E-state index in [1.165, 1.54) is 6.20 Å². The number of ether oxygens (including phenoxy) is 1. The fraction of sp³-hybridized carbons (Fsp3) is 0.214. The minimum absolute atomic E-state index is 0.256. The Morgan fingerprint density at radius 2 is 2.19 bits per heavy atom. The molecule has 21 heavy (non-hydrogen) atoms. The number of H-pyrrole nitrogens is 1. The van der Waals surface area contributed by atoms with Gasteiger partial charge >= 0.3 is 5.97 Å². The third kappa shape index (κ3) is 3.49. The second kappa shape index (κ2) is 6.53. The lowest BCUT2D eigenvalue weighted by molar-refractivity contribution is 0.0527. The van der Waals surface area contributed by atoms with Crippen LogP contribution in [-0.2, 0) is 4.74 Å². The van der Waals surface area contributed by atoms with E-state index in [0.29, 0.717) is 16.9 Å². The molecule has 110 valence electrons. The summed E-state index contributed by atoms with van der Waals surface area (Å²) in [6, 6.07) is 3.31. The molecule has 0 saturated heterocycles. The van der Waals surface area contributed by atoms with Crippen LogP contribution in [0.5, 0.6) is 0 Å². The van der Waals surface area contributed by atoms with Gasteiger partial charge in [-0.05, 0) is 41.9 Å². The SMILES string of the molecule is CCOC(=O)c1c(NC(=O)c2ccc(Br)cn2)c[nH]c1C. The van der Waals surface area contributed by atoms with Crippen molar-refractivity contribution in [2.75, 3.05) is 11.9 Å². The molecule has 2 heterocycles. The first-order valence-corrected chi connectivity index (χ1v) is 7.10. The molecule has 2 rings (SSSR count). The highest BCUT2D eigenvalue weighted by Crippen LogP contribution is 2.21. The number of carbonyl (C=O) groups excluding carboxylic acids is 2. The highest BCUT2D eigenvalue weighted by molar-refractivity contribution is 9.10. The molecule has 0 saturated carbocycles. The molecule has 2 N–H and O–H groups in total. The molecule has 0 aliphatic heterocycles. The number of aromatic amines is 1. The van der Waals surface area contributed by atoms with Gasteiger partial charge < -0.3 is 15.0 Å². The number of rotatable bonds is 4. The Morgan fingerprint density at radius 3 is 2.81 bits per heavy atom.